The first-order chi connectivity index (χ1) is 14.0. The number of hydrogen-bond acceptors (Lipinski definition) is 4. The number of hydrogen-bond donors (Lipinski definition) is 1. The van der Waals surface area contributed by atoms with Crippen LogP contribution in [-0.4, -0.2) is 12.5 Å². The molecule has 0 spiro atoms. The zero-order valence-corrected chi connectivity index (χ0v) is 17.6. The Morgan fingerprint density at radius 1 is 1.21 bits per heavy atom. The molecule has 0 aliphatic carbocycles. The molecule has 0 aliphatic rings. The molecule has 0 bridgehead atoms. The quantitative estimate of drug-likeness (QED) is 0.371. The van der Waals surface area contributed by atoms with E-state index in [0.29, 0.717) is 29.6 Å². The van der Waals surface area contributed by atoms with Crippen molar-refractivity contribution >= 4 is 33.6 Å². The first-order valence-corrected chi connectivity index (χ1v) is 9.82. The fraction of sp³-hybridized carbons (Fsp3) is 0.130. The van der Waals surface area contributed by atoms with E-state index < -0.39 is 5.91 Å². The van der Waals surface area contributed by atoms with Gasteiger partial charge in [0.2, 0.25) is 0 Å². The van der Waals surface area contributed by atoms with Crippen molar-refractivity contribution < 1.29 is 13.9 Å². The topological polar surface area (TPSA) is 75.3 Å². The minimum absolute atomic E-state index is 0.0530. The maximum atomic E-state index is 12.4. The van der Waals surface area contributed by atoms with Crippen molar-refractivity contribution in [2.24, 2.45) is 0 Å². The summed E-state index contributed by atoms with van der Waals surface area (Å²) in [6.07, 6.45) is 1.43. The molecule has 0 saturated carbocycles. The minimum Gasteiger partial charge on any atom is -0.494 e. The highest BCUT2D eigenvalue weighted by Gasteiger charge is 2.13. The van der Waals surface area contributed by atoms with Crippen molar-refractivity contribution in [3.05, 3.63) is 76.0 Å². The lowest BCUT2D eigenvalue weighted by molar-refractivity contribution is -0.112. The van der Waals surface area contributed by atoms with Crippen molar-refractivity contribution in [2.45, 2.75) is 13.8 Å². The molecule has 5 nitrogen and oxygen atoms in total. The average Bonchev–Trinajstić information content (AvgIpc) is 3.16. The van der Waals surface area contributed by atoms with Crippen molar-refractivity contribution in [3.63, 3.8) is 0 Å². The third-order valence-electron chi connectivity index (χ3n) is 4.09. The minimum atomic E-state index is -0.508. The van der Waals surface area contributed by atoms with Gasteiger partial charge in [-0.3, -0.25) is 4.79 Å². The molecule has 0 fully saturated rings. The maximum Gasteiger partial charge on any atom is 0.266 e. The van der Waals surface area contributed by atoms with Crippen LogP contribution in [0.1, 0.15) is 18.2 Å². The Hall–Kier alpha value is -3.30. The molecule has 0 aliphatic heterocycles. The van der Waals surface area contributed by atoms with Gasteiger partial charge in [-0.2, -0.15) is 5.26 Å². The molecule has 3 aromatic rings. The fourth-order valence-corrected chi connectivity index (χ4v) is 3.37. The SMILES string of the molecule is CCOc1ccc(NC(=O)/C(C#N)=C/c2ccc(-c3ccc(C)cc3Br)o2)cc1. The normalized spacial score (nSPS) is 11.0. The van der Waals surface area contributed by atoms with Crippen LogP contribution in [0.2, 0.25) is 0 Å². The molecular weight excluding hydrogens is 432 g/mol. The van der Waals surface area contributed by atoms with Crippen LogP contribution >= 0.6 is 15.9 Å². The Balaban J connectivity index is 1.76. The summed E-state index contributed by atoms with van der Waals surface area (Å²) in [6, 6.07) is 18.4. The number of nitrogens with one attached hydrogen (secondary N) is 1. The van der Waals surface area contributed by atoms with Gasteiger partial charge < -0.3 is 14.5 Å². The first kappa shape index (κ1) is 20.4. The van der Waals surface area contributed by atoms with E-state index in [4.69, 9.17) is 9.15 Å². The van der Waals surface area contributed by atoms with Gasteiger partial charge in [0.05, 0.1) is 6.61 Å². The van der Waals surface area contributed by atoms with Crippen LogP contribution in [0.15, 0.2) is 69.1 Å². The number of carbonyl (C=O) groups excluding carboxylic acids is 1. The second-order valence-corrected chi connectivity index (χ2v) is 7.12. The van der Waals surface area contributed by atoms with E-state index in [1.165, 1.54) is 6.08 Å². The van der Waals surface area contributed by atoms with Gasteiger partial charge in [0.1, 0.15) is 28.9 Å². The monoisotopic (exact) mass is 450 g/mol. The van der Waals surface area contributed by atoms with Gasteiger partial charge in [-0.1, -0.05) is 22.0 Å². The predicted molar refractivity (Wildman–Crippen MR) is 116 cm³/mol. The van der Waals surface area contributed by atoms with Crippen molar-refractivity contribution in [2.75, 3.05) is 11.9 Å². The van der Waals surface area contributed by atoms with E-state index >= 15 is 0 Å². The Labute approximate surface area is 177 Å². The van der Waals surface area contributed by atoms with Gasteiger partial charge in [-0.15, -0.1) is 0 Å². The third kappa shape index (κ3) is 5.15. The number of amides is 1. The number of rotatable bonds is 6. The van der Waals surface area contributed by atoms with E-state index in [9.17, 15) is 10.1 Å². The fourth-order valence-electron chi connectivity index (χ4n) is 2.69. The molecule has 1 N–H and O–H groups in total. The number of nitrogens with zero attached hydrogens (tertiary/aromatic N) is 1. The third-order valence-corrected chi connectivity index (χ3v) is 4.75. The number of aryl methyl sites for hydroxylation is 1. The molecule has 1 amide bonds. The first-order valence-electron chi connectivity index (χ1n) is 9.02. The number of nitriles is 1. The Morgan fingerprint density at radius 2 is 1.97 bits per heavy atom. The van der Waals surface area contributed by atoms with Crippen LogP contribution in [0.25, 0.3) is 17.4 Å². The number of furan rings is 1. The number of carbonyl (C=O) groups is 1. The lowest BCUT2D eigenvalue weighted by Gasteiger charge is -2.06. The summed E-state index contributed by atoms with van der Waals surface area (Å²) < 4.78 is 12.1. The number of ether oxygens (including phenoxy) is 1. The Kier molecular flexibility index (Phi) is 6.53. The number of halogens is 1. The summed E-state index contributed by atoms with van der Waals surface area (Å²) in [5, 5.41) is 12.1. The van der Waals surface area contributed by atoms with Crippen molar-refractivity contribution in [3.8, 4) is 23.1 Å². The molecule has 146 valence electrons. The van der Waals surface area contributed by atoms with Gasteiger partial charge in [-0.25, -0.2) is 0 Å². The van der Waals surface area contributed by atoms with Crippen LogP contribution in [0, 0.1) is 18.3 Å². The van der Waals surface area contributed by atoms with Gasteiger partial charge >= 0.3 is 0 Å². The van der Waals surface area contributed by atoms with E-state index in [0.717, 1.165) is 15.6 Å². The zero-order valence-electron chi connectivity index (χ0n) is 16.0. The second kappa shape index (κ2) is 9.26. The van der Waals surface area contributed by atoms with Crippen LogP contribution in [0.3, 0.4) is 0 Å². The molecule has 2 aromatic carbocycles. The Bertz CT molecular complexity index is 1090. The molecule has 1 heterocycles. The van der Waals surface area contributed by atoms with Gasteiger partial charge in [0.15, 0.2) is 0 Å². The highest BCUT2D eigenvalue weighted by Crippen LogP contribution is 2.31. The lowest BCUT2D eigenvalue weighted by Crippen LogP contribution is -2.13. The summed E-state index contributed by atoms with van der Waals surface area (Å²) in [5.41, 5.74) is 2.55. The van der Waals surface area contributed by atoms with Crippen LogP contribution in [-0.2, 0) is 4.79 Å². The molecule has 0 saturated heterocycles. The summed E-state index contributed by atoms with van der Waals surface area (Å²) in [4.78, 5) is 12.4. The summed E-state index contributed by atoms with van der Waals surface area (Å²) >= 11 is 3.53. The maximum absolute atomic E-state index is 12.4. The molecule has 6 heteroatoms. The molecule has 3 rings (SSSR count). The van der Waals surface area contributed by atoms with Gasteiger partial charge in [0, 0.05) is 21.8 Å². The molecule has 0 radical (unpaired) electrons. The van der Waals surface area contributed by atoms with Crippen LogP contribution in [0.4, 0.5) is 5.69 Å². The summed E-state index contributed by atoms with van der Waals surface area (Å²) in [5.74, 6) is 1.27. The lowest BCUT2D eigenvalue weighted by atomic mass is 10.1. The Morgan fingerprint density at radius 3 is 2.62 bits per heavy atom. The highest BCUT2D eigenvalue weighted by molar-refractivity contribution is 9.10. The van der Waals surface area contributed by atoms with E-state index in [2.05, 4.69) is 21.2 Å². The van der Waals surface area contributed by atoms with E-state index in [1.807, 2.05) is 38.1 Å². The molecule has 0 atom stereocenters. The smallest absolute Gasteiger partial charge is 0.266 e. The van der Waals surface area contributed by atoms with Crippen molar-refractivity contribution in [1.82, 2.24) is 0 Å². The van der Waals surface area contributed by atoms with Gasteiger partial charge in [0.25, 0.3) is 5.91 Å². The molecule has 29 heavy (non-hydrogen) atoms. The van der Waals surface area contributed by atoms with Crippen LogP contribution in [0.5, 0.6) is 5.75 Å². The number of anilines is 1. The van der Waals surface area contributed by atoms with E-state index in [-0.39, 0.29) is 5.57 Å². The molecule has 0 unspecified atom stereocenters. The van der Waals surface area contributed by atoms with Gasteiger partial charge in [-0.05, 0) is 67.9 Å². The average molecular weight is 451 g/mol. The standard InChI is InChI=1S/C23H19BrN2O3/c1-3-28-18-7-5-17(6-8-18)26-23(27)16(14-25)13-19-9-11-22(29-19)20-10-4-15(2)12-21(20)24/h4-13H,3H2,1-2H3,(H,26,27)/b16-13+. The van der Waals surface area contributed by atoms with Crippen molar-refractivity contribution in [1.29, 1.82) is 5.26 Å². The molecule has 1 aromatic heterocycles. The zero-order chi connectivity index (χ0) is 20.8. The molecular formula is C23H19BrN2O3. The predicted octanol–water partition coefficient (Wildman–Crippen LogP) is 5.96. The van der Waals surface area contributed by atoms with Crippen LogP contribution < -0.4 is 10.1 Å². The number of benzene rings is 2. The highest BCUT2D eigenvalue weighted by atomic mass is 79.9. The summed E-state index contributed by atoms with van der Waals surface area (Å²) in [6.45, 7) is 4.47. The largest absolute Gasteiger partial charge is 0.494 e. The summed E-state index contributed by atoms with van der Waals surface area (Å²) in [7, 11) is 0. The second-order valence-electron chi connectivity index (χ2n) is 6.27. The van der Waals surface area contributed by atoms with E-state index in [1.54, 1.807) is 36.4 Å².